The van der Waals surface area contributed by atoms with E-state index in [0.29, 0.717) is 35.9 Å². The molecule has 0 spiro atoms. The zero-order valence-corrected chi connectivity index (χ0v) is 24.0. The Hall–Kier alpha value is -3.46. The van der Waals surface area contributed by atoms with Crippen molar-refractivity contribution in [3.05, 3.63) is 47.9 Å². The highest BCUT2D eigenvalue weighted by Gasteiger charge is 2.31. The molecule has 210 valence electrons. The van der Waals surface area contributed by atoms with Crippen LogP contribution in [0.3, 0.4) is 0 Å². The number of anilines is 2. The molecule has 1 aromatic heterocycles. The molecule has 2 aromatic rings. The molecule has 2 amide bonds. The smallest absolute Gasteiger partial charge is 0.236 e. The third kappa shape index (κ3) is 9.13. The number of nitrogens with one attached hydrogen (secondary N) is 1. The minimum atomic E-state index is -0.128. The largest absolute Gasteiger partial charge is 0.474 e. The van der Waals surface area contributed by atoms with Gasteiger partial charge in [-0.15, -0.1) is 0 Å². The summed E-state index contributed by atoms with van der Waals surface area (Å²) in [5, 5.41) is 3.24. The van der Waals surface area contributed by atoms with E-state index in [1.807, 2.05) is 46.8 Å². The Balaban J connectivity index is 0.00000172. The van der Waals surface area contributed by atoms with Gasteiger partial charge in [0.1, 0.15) is 0 Å². The Morgan fingerprint density at radius 1 is 1.16 bits per heavy atom. The average molecular weight is 527 g/mol. The van der Waals surface area contributed by atoms with Crippen LogP contribution in [-0.2, 0) is 9.59 Å². The van der Waals surface area contributed by atoms with E-state index >= 15 is 0 Å². The number of carbonyl (C=O) groups excluding carboxylic acids is 2. The topological polar surface area (TPSA) is 136 Å². The molecule has 0 radical (unpaired) electrons. The molecule has 9 nitrogen and oxygen atoms in total. The molecule has 1 aliphatic rings. The van der Waals surface area contributed by atoms with Crippen LogP contribution in [0, 0.1) is 11.8 Å². The maximum atomic E-state index is 13.0. The Bertz CT molecular complexity index is 1020. The Morgan fingerprint density at radius 3 is 2.34 bits per heavy atom. The van der Waals surface area contributed by atoms with Crippen molar-refractivity contribution in [1.29, 1.82) is 0 Å². The van der Waals surface area contributed by atoms with E-state index in [1.54, 1.807) is 24.5 Å². The van der Waals surface area contributed by atoms with E-state index in [4.69, 9.17) is 10.5 Å². The van der Waals surface area contributed by atoms with Crippen molar-refractivity contribution in [1.82, 2.24) is 9.97 Å². The molecular weight excluding hydrogens is 480 g/mol. The fourth-order valence-electron chi connectivity index (χ4n) is 4.28. The van der Waals surface area contributed by atoms with Crippen molar-refractivity contribution < 1.29 is 14.3 Å². The number of nitrogens with two attached hydrogens (primary N) is 2. The van der Waals surface area contributed by atoms with Crippen LogP contribution in [0.2, 0.25) is 0 Å². The minimum Gasteiger partial charge on any atom is -0.474 e. The summed E-state index contributed by atoms with van der Waals surface area (Å²) >= 11 is 0. The Morgan fingerprint density at radius 2 is 1.79 bits per heavy atom. The number of imide groups is 1. The predicted octanol–water partition coefficient (Wildman–Crippen LogP) is 5.33. The van der Waals surface area contributed by atoms with Gasteiger partial charge in [0.15, 0.2) is 5.82 Å². The number of nitrogens with zero attached hydrogens (tertiary/aromatic N) is 3. The summed E-state index contributed by atoms with van der Waals surface area (Å²) in [4.78, 5) is 34.7. The number of rotatable bonds is 9. The summed E-state index contributed by atoms with van der Waals surface area (Å²) in [6, 6.07) is 7.15. The van der Waals surface area contributed by atoms with Gasteiger partial charge in [0, 0.05) is 11.6 Å². The van der Waals surface area contributed by atoms with Crippen molar-refractivity contribution in [2.75, 3.05) is 17.3 Å². The van der Waals surface area contributed by atoms with Gasteiger partial charge in [0.2, 0.25) is 18.2 Å². The van der Waals surface area contributed by atoms with E-state index in [9.17, 15) is 9.59 Å². The molecule has 0 aliphatic heterocycles. The third-order valence-electron chi connectivity index (χ3n) is 6.15. The molecule has 1 fully saturated rings. The molecule has 1 aliphatic carbocycles. The number of hydrogen-bond acceptors (Lipinski definition) is 8. The van der Waals surface area contributed by atoms with Gasteiger partial charge in [-0.1, -0.05) is 52.7 Å². The molecule has 0 bridgehead atoms. The Labute approximate surface area is 228 Å². The maximum absolute atomic E-state index is 13.0. The van der Waals surface area contributed by atoms with Gasteiger partial charge in [-0.25, -0.2) is 0 Å². The SMILES string of the molecule is CC.CC/C(Nc1cncc(OC(C)C)n1)=C(\N)c1ccc(N(C=O)C(=O)C2CCCCC2C)cc1.CN. The summed E-state index contributed by atoms with van der Waals surface area (Å²) in [7, 11) is 1.50. The van der Waals surface area contributed by atoms with Crippen molar-refractivity contribution in [3.8, 4) is 5.88 Å². The fraction of sp³-hybridized carbons (Fsp3) is 0.517. The van der Waals surface area contributed by atoms with Crippen LogP contribution in [-0.4, -0.2) is 35.4 Å². The number of ether oxygens (including phenoxy) is 1. The highest BCUT2D eigenvalue weighted by molar-refractivity contribution is 6.08. The van der Waals surface area contributed by atoms with Gasteiger partial charge in [0.25, 0.3) is 0 Å². The second-order valence-corrected chi connectivity index (χ2v) is 9.01. The highest BCUT2D eigenvalue weighted by Crippen LogP contribution is 2.32. The van der Waals surface area contributed by atoms with Crippen molar-refractivity contribution >= 4 is 29.5 Å². The maximum Gasteiger partial charge on any atom is 0.236 e. The quantitative estimate of drug-likeness (QED) is 0.373. The van der Waals surface area contributed by atoms with Crippen LogP contribution in [0.4, 0.5) is 11.5 Å². The van der Waals surface area contributed by atoms with Gasteiger partial charge < -0.3 is 21.5 Å². The standard InChI is InChI=1S/C26H35N5O3.C2H6.CH5N/c1-5-22(29-23-14-28-15-24(30-23)34-17(2)3)25(27)19-10-12-20(13-11-19)31(16-32)26(33)21-9-7-6-8-18(21)4;2*1-2/h10-18,21H,5-9,27H2,1-4H3,(H,29,30);1-2H3;2H2,1H3/b25-22+;;. The third-order valence-corrected chi connectivity index (χ3v) is 6.15. The number of hydrogen-bond donors (Lipinski definition) is 3. The fourth-order valence-corrected chi connectivity index (χ4v) is 4.28. The number of aromatic nitrogens is 2. The van der Waals surface area contributed by atoms with Crippen LogP contribution >= 0.6 is 0 Å². The zero-order valence-electron chi connectivity index (χ0n) is 24.0. The summed E-state index contributed by atoms with van der Waals surface area (Å²) in [5.41, 5.74) is 13.6. The van der Waals surface area contributed by atoms with E-state index in [0.717, 1.165) is 36.9 Å². The normalized spacial score (nSPS) is 17.1. The molecule has 1 heterocycles. The average Bonchev–Trinajstić information content (AvgIpc) is 2.94. The molecule has 9 heteroatoms. The van der Waals surface area contributed by atoms with Gasteiger partial charge in [-0.3, -0.25) is 19.5 Å². The lowest BCUT2D eigenvalue weighted by Gasteiger charge is -2.30. The molecule has 1 aromatic carbocycles. The lowest BCUT2D eigenvalue weighted by molar-refractivity contribution is -0.127. The summed E-state index contributed by atoms with van der Waals surface area (Å²) < 4.78 is 5.61. The monoisotopic (exact) mass is 526 g/mol. The summed E-state index contributed by atoms with van der Waals surface area (Å²) in [6.07, 6.45) is 8.44. The first-order valence-corrected chi connectivity index (χ1v) is 13.5. The van der Waals surface area contributed by atoms with Crippen LogP contribution in [0.25, 0.3) is 5.70 Å². The van der Waals surface area contributed by atoms with E-state index < -0.39 is 0 Å². The first kappa shape index (κ1) is 32.6. The summed E-state index contributed by atoms with van der Waals surface area (Å²) in [5.74, 6) is 1.01. The lowest BCUT2D eigenvalue weighted by Crippen LogP contribution is -2.39. The lowest BCUT2D eigenvalue weighted by atomic mass is 9.79. The molecule has 3 rings (SSSR count). The van der Waals surface area contributed by atoms with Crippen LogP contribution in [0.15, 0.2) is 42.4 Å². The van der Waals surface area contributed by atoms with E-state index in [2.05, 4.69) is 27.9 Å². The second kappa shape index (κ2) is 17.1. The second-order valence-electron chi connectivity index (χ2n) is 9.01. The van der Waals surface area contributed by atoms with Gasteiger partial charge in [0.05, 0.1) is 29.9 Å². The van der Waals surface area contributed by atoms with Crippen LogP contribution in [0.1, 0.15) is 79.2 Å². The summed E-state index contributed by atoms with van der Waals surface area (Å²) in [6.45, 7) is 11.9. The van der Waals surface area contributed by atoms with Crippen LogP contribution in [0.5, 0.6) is 5.88 Å². The first-order valence-electron chi connectivity index (χ1n) is 13.5. The van der Waals surface area contributed by atoms with Crippen molar-refractivity contribution in [3.63, 3.8) is 0 Å². The number of allylic oxidation sites excluding steroid dienone is 1. The molecule has 38 heavy (non-hydrogen) atoms. The Kier molecular flexibility index (Phi) is 14.7. The van der Waals surface area contributed by atoms with Gasteiger partial charge in [-0.05, 0) is 63.8 Å². The predicted molar refractivity (Wildman–Crippen MR) is 155 cm³/mol. The zero-order chi connectivity index (χ0) is 28.7. The molecule has 2 unspecified atom stereocenters. The van der Waals surface area contributed by atoms with Crippen molar-refractivity contribution in [2.24, 2.45) is 23.3 Å². The molecule has 2 atom stereocenters. The number of amides is 2. The number of benzene rings is 1. The van der Waals surface area contributed by atoms with E-state index in [1.165, 1.54) is 11.9 Å². The minimum absolute atomic E-state index is 0.00606. The molecular formula is C29H46N6O3. The molecule has 1 saturated carbocycles. The number of carbonyl (C=O) groups is 2. The van der Waals surface area contributed by atoms with Gasteiger partial charge in [-0.2, -0.15) is 4.98 Å². The van der Waals surface area contributed by atoms with Crippen LogP contribution < -0.4 is 26.4 Å². The molecule has 0 saturated heterocycles. The van der Waals surface area contributed by atoms with Gasteiger partial charge >= 0.3 is 0 Å². The highest BCUT2D eigenvalue weighted by atomic mass is 16.5. The van der Waals surface area contributed by atoms with Crippen molar-refractivity contribution in [2.45, 2.75) is 79.8 Å². The van der Waals surface area contributed by atoms with E-state index in [-0.39, 0.29) is 23.8 Å². The first-order chi connectivity index (χ1) is 18.3. The molecule has 5 N–H and O–H groups in total.